The van der Waals surface area contributed by atoms with Crippen molar-refractivity contribution < 1.29 is 0 Å². The molecule has 0 amide bonds. The van der Waals surface area contributed by atoms with Crippen LogP contribution < -0.4 is 0 Å². The fourth-order valence-corrected chi connectivity index (χ4v) is 4.22. The lowest BCUT2D eigenvalue weighted by molar-refractivity contribution is 0.818. The van der Waals surface area contributed by atoms with Gasteiger partial charge >= 0.3 is 0 Å². The van der Waals surface area contributed by atoms with E-state index in [2.05, 4.69) is 115 Å². The van der Waals surface area contributed by atoms with Crippen LogP contribution in [0.3, 0.4) is 0 Å². The minimum absolute atomic E-state index is 0.899. The van der Waals surface area contributed by atoms with E-state index in [1.807, 2.05) is 33.5 Å². The second kappa shape index (κ2) is 13.7. The third-order valence-electron chi connectivity index (χ3n) is 4.19. The lowest BCUT2D eigenvalue weighted by Gasteiger charge is -2.15. The first kappa shape index (κ1) is 24.7. The third-order valence-corrected chi connectivity index (χ3v) is 5.80. The lowest BCUT2D eigenvalue weighted by atomic mass is 9.96. The van der Waals surface area contributed by atoms with Gasteiger partial charge in [-0.1, -0.05) is 73.2 Å². The largest absolute Gasteiger partial charge is 0.284 e. The molecule has 0 N–H and O–H groups in total. The summed E-state index contributed by atoms with van der Waals surface area (Å²) >= 11 is 9.61. The number of nitrogens with zero attached hydrogens (tertiary/aromatic N) is 2. The third kappa shape index (κ3) is 7.25. The number of halogens is 3. The van der Waals surface area contributed by atoms with Crippen LogP contribution in [0.15, 0.2) is 76.0 Å². The van der Waals surface area contributed by atoms with Crippen molar-refractivity contribution in [1.82, 2.24) is 4.98 Å². The van der Waals surface area contributed by atoms with Gasteiger partial charge in [-0.2, -0.15) is 0 Å². The van der Waals surface area contributed by atoms with E-state index in [1.165, 1.54) is 20.9 Å². The number of thiophene rings is 1. The van der Waals surface area contributed by atoms with Crippen LogP contribution in [0.4, 0.5) is 0 Å². The van der Waals surface area contributed by atoms with Crippen LogP contribution >= 0.6 is 72.4 Å². The number of aliphatic imine (C=N–C) groups is 1. The van der Waals surface area contributed by atoms with Gasteiger partial charge in [-0.05, 0) is 76.3 Å². The van der Waals surface area contributed by atoms with Crippen LogP contribution in [-0.4, -0.2) is 27.1 Å². The van der Waals surface area contributed by atoms with Gasteiger partial charge in [-0.3, -0.25) is 9.98 Å². The first-order valence-electron chi connectivity index (χ1n) is 9.07. The lowest BCUT2D eigenvalue weighted by Crippen LogP contribution is -2.11. The smallest absolute Gasteiger partial charge is 0.0694 e. The number of rotatable bonds is 3. The molecule has 2 nitrogen and oxygen atoms in total. The predicted octanol–water partition coefficient (Wildman–Crippen LogP) is 8.34. The van der Waals surface area contributed by atoms with Gasteiger partial charge in [0.05, 0.1) is 5.71 Å². The van der Waals surface area contributed by atoms with Crippen molar-refractivity contribution in [3.63, 3.8) is 0 Å². The predicted molar refractivity (Wildman–Crippen MR) is 150 cm³/mol. The molecule has 0 saturated heterocycles. The van der Waals surface area contributed by atoms with E-state index >= 15 is 0 Å². The van der Waals surface area contributed by atoms with E-state index in [0.29, 0.717) is 0 Å². The highest BCUT2D eigenvalue weighted by molar-refractivity contribution is 14.1. The fraction of sp³-hybridized carbons (Fsp3) is 0.217. The highest BCUT2D eigenvalue weighted by Crippen LogP contribution is 2.31. The van der Waals surface area contributed by atoms with Crippen molar-refractivity contribution in [3.05, 3.63) is 81.4 Å². The zero-order valence-electron chi connectivity index (χ0n) is 16.4. The molecule has 0 aliphatic carbocycles. The van der Waals surface area contributed by atoms with Crippen LogP contribution in [0.2, 0.25) is 0 Å². The summed E-state index contributed by atoms with van der Waals surface area (Å²) in [6.07, 6.45) is 8.18. The molecule has 1 aromatic carbocycles. The van der Waals surface area contributed by atoms with E-state index in [4.69, 9.17) is 4.99 Å². The van der Waals surface area contributed by atoms with Gasteiger partial charge in [0, 0.05) is 38.7 Å². The molecule has 3 aromatic rings. The maximum Gasteiger partial charge on any atom is 0.0694 e. The van der Waals surface area contributed by atoms with Crippen molar-refractivity contribution in [3.8, 4) is 10.4 Å². The Morgan fingerprint density at radius 2 is 1.72 bits per heavy atom. The highest BCUT2D eigenvalue weighted by atomic mass is 127. The quantitative estimate of drug-likeness (QED) is 0.200. The minimum atomic E-state index is 0.899. The van der Waals surface area contributed by atoms with Crippen molar-refractivity contribution in [2.24, 2.45) is 4.99 Å². The zero-order chi connectivity index (χ0) is 21.1. The molecule has 4 rings (SSSR count). The average Bonchev–Trinajstić information content (AvgIpc) is 3.26. The molecule has 0 spiro atoms. The Morgan fingerprint density at radius 3 is 2.41 bits per heavy atom. The molecule has 0 atom stereocenters. The first-order valence-corrected chi connectivity index (χ1v) is 15.0. The second-order valence-corrected chi connectivity index (χ2v) is 7.99. The molecule has 1 aliphatic heterocycles. The van der Waals surface area contributed by atoms with Crippen LogP contribution in [0, 0.1) is 0 Å². The Morgan fingerprint density at radius 1 is 0.966 bits per heavy atom. The Bertz CT molecular complexity index is 935. The van der Waals surface area contributed by atoms with Gasteiger partial charge in [0.1, 0.15) is 0 Å². The normalized spacial score (nSPS) is 14.2. The van der Waals surface area contributed by atoms with E-state index in [-0.39, 0.29) is 0 Å². The monoisotopic (exact) mass is 692 g/mol. The van der Waals surface area contributed by atoms with Crippen molar-refractivity contribution in [1.29, 1.82) is 0 Å². The molecule has 1 aliphatic rings. The first-order chi connectivity index (χ1) is 14.3. The van der Waals surface area contributed by atoms with Crippen molar-refractivity contribution in [2.75, 3.05) is 16.4 Å². The van der Waals surface area contributed by atoms with Crippen molar-refractivity contribution in [2.45, 2.75) is 12.8 Å². The fourth-order valence-electron chi connectivity index (χ4n) is 2.97. The van der Waals surface area contributed by atoms with Gasteiger partial charge in [-0.25, -0.2) is 0 Å². The summed E-state index contributed by atoms with van der Waals surface area (Å²) in [7, 11) is 0. The summed E-state index contributed by atoms with van der Waals surface area (Å²) in [6, 6.07) is 16.9. The van der Waals surface area contributed by atoms with Gasteiger partial charge < -0.3 is 0 Å². The molecule has 2 aromatic heterocycles. The molecule has 0 unspecified atom stereocenters. The summed E-state index contributed by atoms with van der Waals surface area (Å²) in [5.41, 5.74) is 4.77. The highest BCUT2D eigenvalue weighted by Gasteiger charge is 2.14. The molecule has 0 radical (unpaired) electrons. The number of pyridine rings is 1. The number of benzene rings is 1. The summed E-state index contributed by atoms with van der Waals surface area (Å²) in [6.45, 7) is 0.899. The Balaban J connectivity index is 0.000000707. The summed E-state index contributed by atoms with van der Waals surface area (Å²) < 4.78 is 1.11. The van der Waals surface area contributed by atoms with E-state index in [9.17, 15) is 0 Å². The average molecular weight is 693 g/mol. The van der Waals surface area contributed by atoms with Crippen LogP contribution in [0.5, 0.6) is 0 Å². The maximum atomic E-state index is 4.76. The number of aromatic nitrogens is 1. The summed E-state index contributed by atoms with van der Waals surface area (Å²) in [5, 5.41) is 0. The number of alkyl halides is 2. The van der Waals surface area contributed by atoms with Gasteiger partial charge in [0.15, 0.2) is 0 Å². The molecule has 0 saturated carbocycles. The minimum Gasteiger partial charge on any atom is -0.284 e. The molecule has 3 heterocycles. The van der Waals surface area contributed by atoms with Gasteiger partial charge in [-0.15, -0.1) is 11.3 Å². The second-order valence-electron chi connectivity index (χ2n) is 5.95. The van der Waals surface area contributed by atoms with Crippen LogP contribution in [-0.2, 0) is 0 Å². The number of allylic oxidation sites excluding steroid dienone is 1. The van der Waals surface area contributed by atoms with E-state index in [0.717, 1.165) is 35.1 Å². The zero-order valence-corrected chi connectivity index (χ0v) is 23.1. The topological polar surface area (TPSA) is 25.2 Å². The number of hydrogen-bond donors (Lipinski definition) is 0. The Labute approximate surface area is 213 Å². The SMILES string of the molecule is Brc1ccc(-c2ccc(/C=C3\CCCN=C3c3cccnc3)s2)cc1.CI.CI. The molecule has 6 heteroatoms. The van der Waals surface area contributed by atoms with Gasteiger partial charge in [0.25, 0.3) is 0 Å². The van der Waals surface area contributed by atoms with Gasteiger partial charge in [0.2, 0.25) is 0 Å². The Kier molecular flexibility index (Phi) is 11.6. The Hall–Kier alpha value is -0.580. The van der Waals surface area contributed by atoms with Crippen LogP contribution in [0.25, 0.3) is 16.5 Å². The summed E-state index contributed by atoms with van der Waals surface area (Å²) in [5.74, 6) is 0. The van der Waals surface area contributed by atoms with E-state index < -0.39 is 0 Å². The molecule has 152 valence electrons. The molecular weight excluding hydrogens is 670 g/mol. The summed E-state index contributed by atoms with van der Waals surface area (Å²) in [4.78, 5) is 15.5. The maximum absolute atomic E-state index is 4.76. The molecule has 0 fully saturated rings. The molecular formula is C23H23BrI2N2S. The molecule has 0 bridgehead atoms. The van der Waals surface area contributed by atoms with Crippen molar-refractivity contribution >= 4 is 84.2 Å². The molecule has 29 heavy (non-hydrogen) atoms. The standard InChI is InChI=1S/C21H17BrN2S.2CH3I/c22-18-7-5-15(6-8-18)20-10-9-19(25-20)13-16-3-2-12-24-21(16)17-4-1-11-23-14-17;2*1-2/h1,4-11,13-14H,2-3,12H2;2*1H3/b16-13+;;. The van der Waals surface area contributed by atoms with Crippen LogP contribution in [0.1, 0.15) is 23.3 Å². The number of hydrogen-bond acceptors (Lipinski definition) is 3. The van der Waals surface area contributed by atoms with E-state index in [1.54, 1.807) is 6.20 Å².